The van der Waals surface area contributed by atoms with Crippen LogP contribution in [0.2, 0.25) is 0 Å². The summed E-state index contributed by atoms with van der Waals surface area (Å²) in [5.74, 6) is -4.38. The van der Waals surface area contributed by atoms with E-state index >= 15 is 4.79 Å². The number of piperidine rings is 1. The molecule has 6 bridgehead atoms. The first kappa shape index (κ1) is 50.6. The topological polar surface area (TPSA) is 384 Å². The van der Waals surface area contributed by atoms with Crippen LogP contribution in [0, 0.1) is 29.6 Å². The Labute approximate surface area is 434 Å². The summed E-state index contributed by atoms with van der Waals surface area (Å²) >= 11 is 0. The summed E-state index contributed by atoms with van der Waals surface area (Å²) in [6.45, 7) is -0.423. The van der Waals surface area contributed by atoms with Gasteiger partial charge in [-0.05, 0) is 66.9 Å². The monoisotopic (exact) mass is 1060 g/mol. The SMILES string of the molecule is O=C(O)C12C#CCC3(OC45Oc6cc7oc(-c8cc(O)c(O)c(CCO)c8)cc(=O)c7c(O)c6C(C6=CNC7NC8CCCC(C8)C7=C6)C=C4Cc4[nH]ccc4C#CCC3(O)C(O)C5O)C(=O)OC(O1)C(O)C(O)C2(O)O. The van der Waals surface area contributed by atoms with Crippen molar-refractivity contribution in [1.29, 1.82) is 0 Å². The normalized spacial score (nSPS) is 35.4. The summed E-state index contributed by atoms with van der Waals surface area (Å²) in [5.41, 5.74) is -9.10. The van der Waals surface area contributed by atoms with E-state index in [-0.39, 0.29) is 70.0 Å². The summed E-state index contributed by atoms with van der Waals surface area (Å²) in [6.07, 6.45) is -5.64. The Morgan fingerprint density at radius 2 is 1.74 bits per heavy atom. The molecule has 0 radical (unpaired) electrons. The molecular formula is C54H51N3O20. The van der Waals surface area contributed by atoms with Crippen LogP contribution < -0.4 is 20.8 Å². The first-order valence-electron chi connectivity index (χ1n) is 24.9. The molecule has 9 heterocycles. The van der Waals surface area contributed by atoms with Crippen molar-refractivity contribution in [2.45, 2.75) is 129 Å². The minimum atomic E-state index is -3.89. The molecule has 1 saturated carbocycles. The number of dihydropyridines is 1. The molecule has 23 heteroatoms. The Morgan fingerprint density at radius 3 is 2.52 bits per heavy atom. The molecule has 13 unspecified atom stereocenters. The van der Waals surface area contributed by atoms with Crippen LogP contribution in [-0.4, -0.2) is 156 Å². The molecule has 2 aromatic heterocycles. The Hall–Kier alpha value is -7.23. The fourth-order valence-corrected chi connectivity index (χ4v) is 12.4. The summed E-state index contributed by atoms with van der Waals surface area (Å²) in [7, 11) is 0. The van der Waals surface area contributed by atoms with Gasteiger partial charge in [-0.15, -0.1) is 0 Å². The second-order valence-electron chi connectivity index (χ2n) is 20.8. The zero-order chi connectivity index (χ0) is 54.3. The summed E-state index contributed by atoms with van der Waals surface area (Å²) in [6, 6.07) is 6.55. The smallest absolute Gasteiger partial charge is 0.354 e. The van der Waals surface area contributed by atoms with Gasteiger partial charge < -0.3 is 94.9 Å². The van der Waals surface area contributed by atoms with Gasteiger partial charge in [0.05, 0.1) is 12.6 Å². The van der Waals surface area contributed by atoms with E-state index in [0.29, 0.717) is 16.8 Å². The van der Waals surface area contributed by atoms with E-state index in [0.717, 1.165) is 43.4 Å². The Bertz CT molecular complexity index is 3500. The number of aromatic hydroxyl groups is 3. The number of hydrogen-bond acceptors (Lipinski definition) is 21. The van der Waals surface area contributed by atoms with Crippen molar-refractivity contribution in [3.8, 4) is 58.0 Å². The van der Waals surface area contributed by atoms with E-state index in [1.807, 2.05) is 12.0 Å². The number of carbonyl (C=O) groups is 2. The van der Waals surface area contributed by atoms with E-state index in [9.17, 15) is 70.9 Å². The summed E-state index contributed by atoms with van der Waals surface area (Å²) in [5, 5.41) is 144. The van der Waals surface area contributed by atoms with Crippen LogP contribution in [0.4, 0.5) is 0 Å². The second-order valence-corrected chi connectivity index (χ2v) is 20.8. The number of carboxylic acids is 1. The molecule has 13 atom stereocenters. The van der Waals surface area contributed by atoms with Crippen molar-refractivity contribution < 1.29 is 94.2 Å². The Kier molecular flexibility index (Phi) is 11.6. The third kappa shape index (κ3) is 7.24. The Balaban J connectivity index is 1.13. The lowest BCUT2D eigenvalue weighted by Gasteiger charge is -2.57. The molecule has 7 aliphatic heterocycles. The maximum absolute atomic E-state index is 15.3. The standard InChI is InChI=1S/C54H51N3O20/c58-13-8-25-14-26(17-34(60)40(25)61)35-20-33(59)39-36(73-35)21-37-38(41(39)62)30(27-16-31-24-4-1-6-29(15-24)57-46(31)56-22-27)18-28-19-32-23(7-12-55-32)5-2-9-50(70)44(65)45(66)53(28,75-37)77-52(50)11-3-10-51(48(67)68)54(71,72)43(64)42(63)47(76-51)74-49(52)69/h7,12,14,16-18,20-22,24,29-30,42-47,55-58,60-66,70-72H,1,4,6,8-9,11,13,15,19H2,(H,67,68). The zero-order valence-corrected chi connectivity index (χ0v) is 40.4. The van der Waals surface area contributed by atoms with E-state index < -0.39 is 125 Å². The first-order valence-corrected chi connectivity index (χ1v) is 24.9. The molecule has 23 nitrogen and oxygen atoms in total. The molecule has 4 fully saturated rings. The maximum atomic E-state index is 15.3. The van der Waals surface area contributed by atoms with Crippen LogP contribution in [-0.2, 0) is 36.6 Å². The number of hydrogen-bond donors (Lipinski definition) is 15. The van der Waals surface area contributed by atoms with Crippen LogP contribution in [0.3, 0.4) is 0 Å². The number of H-pyrrole nitrogens is 1. The summed E-state index contributed by atoms with van der Waals surface area (Å²) in [4.78, 5) is 45.9. The van der Waals surface area contributed by atoms with E-state index in [1.165, 1.54) is 18.2 Å². The van der Waals surface area contributed by atoms with Crippen LogP contribution in [0.5, 0.6) is 23.0 Å². The van der Waals surface area contributed by atoms with Gasteiger partial charge in [0, 0.05) is 89.5 Å². The van der Waals surface area contributed by atoms with Crippen LogP contribution in [0.1, 0.15) is 66.8 Å². The predicted octanol–water partition coefficient (Wildman–Crippen LogP) is -0.807. The number of aromatic amines is 1. The van der Waals surface area contributed by atoms with Gasteiger partial charge in [0.15, 0.2) is 23.0 Å². The number of fused-ring (bicyclic) bond motifs is 10. The fourth-order valence-electron chi connectivity index (χ4n) is 12.4. The van der Waals surface area contributed by atoms with Crippen LogP contribution >= 0.6 is 0 Å². The number of rotatable bonds is 5. The average molecular weight is 1060 g/mol. The van der Waals surface area contributed by atoms with E-state index in [4.69, 9.17) is 23.4 Å². The number of aliphatic carboxylic acids is 1. The van der Waals surface area contributed by atoms with E-state index in [2.05, 4.69) is 33.4 Å². The predicted molar refractivity (Wildman–Crippen MR) is 260 cm³/mol. The van der Waals surface area contributed by atoms with Gasteiger partial charge in [-0.25, -0.2) is 9.59 Å². The van der Waals surface area contributed by atoms with Crippen LogP contribution in [0.25, 0.3) is 22.3 Å². The van der Waals surface area contributed by atoms with Crippen molar-refractivity contribution in [3.05, 3.63) is 104 Å². The highest BCUT2D eigenvalue weighted by molar-refractivity contribution is 5.90. The molecule has 2 aromatic carbocycles. The minimum absolute atomic E-state index is 0.0576. The zero-order valence-electron chi connectivity index (χ0n) is 40.4. The van der Waals surface area contributed by atoms with Crippen molar-refractivity contribution in [1.82, 2.24) is 15.6 Å². The fraction of sp³-hybridized carbons (Fsp3) is 0.426. The number of allylic oxidation sites excluding steroid dienone is 3. The third-order valence-corrected chi connectivity index (χ3v) is 16.5. The number of carbonyl (C=O) groups excluding carboxylic acids is 1. The van der Waals surface area contributed by atoms with Crippen molar-refractivity contribution >= 4 is 22.9 Å². The number of ether oxygens (including phenoxy) is 4. The maximum Gasteiger partial charge on any atom is 0.354 e. The van der Waals surface area contributed by atoms with Gasteiger partial charge in [0.2, 0.25) is 17.7 Å². The van der Waals surface area contributed by atoms with Crippen molar-refractivity contribution in [2.24, 2.45) is 5.92 Å². The number of aliphatic hydroxyl groups is 8. The lowest BCUT2D eigenvalue weighted by atomic mass is 9.67. The molecule has 15 N–H and O–H groups in total. The quantitative estimate of drug-likeness (QED) is 0.0382. The summed E-state index contributed by atoms with van der Waals surface area (Å²) < 4.78 is 31.1. The third-order valence-electron chi connectivity index (χ3n) is 16.5. The van der Waals surface area contributed by atoms with Gasteiger partial charge >= 0.3 is 11.9 Å². The molecular weight excluding hydrogens is 1010 g/mol. The number of aliphatic hydroxyl groups excluding tert-OH is 5. The molecule has 2 aliphatic carbocycles. The highest BCUT2D eigenvalue weighted by Crippen LogP contribution is 2.57. The number of nitrogens with one attached hydrogen (secondary N) is 3. The van der Waals surface area contributed by atoms with Crippen LogP contribution in [0.15, 0.2) is 80.8 Å². The van der Waals surface area contributed by atoms with Gasteiger partial charge in [-0.1, -0.05) is 36.3 Å². The first-order chi connectivity index (χ1) is 36.7. The number of carboxylic acid groups (broad SMARTS) is 1. The number of benzene rings is 2. The highest BCUT2D eigenvalue weighted by Gasteiger charge is 2.76. The number of esters is 1. The largest absolute Gasteiger partial charge is 0.507 e. The molecule has 77 heavy (non-hydrogen) atoms. The lowest BCUT2D eigenvalue weighted by Crippen LogP contribution is -2.80. The second kappa shape index (κ2) is 17.7. The number of aromatic nitrogens is 1. The molecule has 4 aromatic rings. The van der Waals surface area contributed by atoms with Gasteiger partial charge in [-0.3, -0.25) is 10.1 Å². The molecule has 2 spiro atoms. The molecule has 0 amide bonds. The Morgan fingerprint density at radius 1 is 0.935 bits per heavy atom. The van der Waals surface area contributed by atoms with Gasteiger partial charge in [-0.2, -0.15) is 0 Å². The molecule has 402 valence electrons. The van der Waals surface area contributed by atoms with Crippen molar-refractivity contribution in [2.75, 3.05) is 6.61 Å². The minimum Gasteiger partial charge on any atom is -0.507 e. The lowest BCUT2D eigenvalue weighted by molar-refractivity contribution is -0.399. The van der Waals surface area contributed by atoms with Gasteiger partial charge in [0.25, 0.3) is 11.4 Å². The average Bonchev–Trinajstić information content (AvgIpc) is 4.07. The molecule has 3 saturated heterocycles. The number of phenolic OH excluding ortho intramolecular Hbond substituents is 3. The van der Waals surface area contributed by atoms with Gasteiger partial charge in [0.1, 0.15) is 52.1 Å². The van der Waals surface area contributed by atoms with Crippen molar-refractivity contribution in [3.63, 3.8) is 0 Å². The number of phenols is 3. The molecule has 9 aliphatic rings. The highest BCUT2D eigenvalue weighted by atomic mass is 16.8. The molecule has 13 rings (SSSR count). The van der Waals surface area contributed by atoms with E-state index in [1.54, 1.807) is 18.5 Å².